The van der Waals surface area contributed by atoms with Crippen molar-refractivity contribution in [3.63, 3.8) is 0 Å². The highest BCUT2D eigenvalue weighted by molar-refractivity contribution is 5.95. The maximum Gasteiger partial charge on any atom is 0.253 e. The lowest BCUT2D eigenvalue weighted by atomic mass is 9.78. The molecule has 3 heterocycles. The Morgan fingerprint density at radius 1 is 1.27 bits per heavy atom. The van der Waals surface area contributed by atoms with E-state index in [1.165, 1.54) is 0 Å². The van der Waals surface area contributed by atoms with Crippen LogP contribution in [0.2, 0.25) is 0 Å². The Balaban J connectivity index is 1.37. The van der Waals surface area contributed by atoms with Crippen LogP contribution < -0.4 is 9.47 Å². The van der Waals surface area contributed by atoms with Gasteiger partial charge in [0.25, 0.3) is 5.91 Å². The molecule has 6 heteroatoms. The molecule has 26 heavy (non-hydrogen) atoms. The van der Waals surface area contributed by atoms with E-state index in [0.29, 0.717) is 23.0 Å². The van der Waals surface area contributed by atoms with Gasteiger partial charge in [0, 0.05) is 38.5 Å². The van der Waals surface area contributed by atoms with Crippen molar-refractivity contribution in [1.29, 1.82) is 0 Å². The molecule has 1 unspecified atom stereocenters. The molecule has 3 aliphatic rings. The van der Waals surface area contributed by atoms with Gasteiger partial charge in [-0.3, -0.25) is 4.79 Å². The number of hydrogen-bond donors (Lipinski definition) is 0. The van der Waals surface area contributed by atoms with Crippen LogP contribution in [0.25, 0.3) is 0 Å². The quantitative estimate of drug-likeness (QED) is 0.755. The number of amides is 1. The van der Waals surface area contributed by atoms with E-state index >= 15 is 0 Å². The first kappa shape index (κ1) is 17.6. The zero-order valence-corrected chi connectivity index (χ0v) is 15.4. The van der Waals surface area contributed by atoms with Crippen LogP contribution in [-0.4, -0.2) is 56.1 Å². The number of likely N-dealkylation sites (tertiary alicyclic amines) is 1. The van der Waals surface area contributed by atoms with Crippen molar-refractivity contribution in [3.05, 3.63) is 23.8 Å². The van der Waals surface area contributed by atoms with Gasteiger partial charge in [0.1, 0.15) is 0 Å². The Kier molecular flexibility index (Phi) is 5.05. The molecule has 2 fully saturated rings. The summed E-state index contributed by atoms with van der Waals surface area (Å²) in [5.41, 5.74) is 0.591. The van der Waals surface area contributed by atoms with E-state index in [1.54, 1.807) is 6.07 Å². The van der Waals surface area contributed by atoms with Crippen LogP contribution in [0.15, 0.2) is 18.2 Å². The number of nitrogens with zero attached hydrogens (tertiary/aromatic N) is 1. The van der Waals surface area contributed by atoms with Crippen molar-refractivity contribution < 1.29 is 23.7 Å². The first-order valence-corrected chi connectivity index (χ1v) is 9.62. The molecular formula is C20H27NO5. The molecule has 1 aromatic rings. The highest BCUT2D eigenvalue weighted by Crippen LogP contribution is 2.42. The van der Waals surface area contributed by atoms with Gasteiger partial charge in [0.05, 0.1) is 5.60 Å². The lowest BCUT2D eigenvalue weighted by Crippen LogP contribution is -2.49. The second kappa shape index (κ2) is 7.45. The minimum atomic E-state index is -0.0667. The van der Waals surface area contributed by atoms with Crippen LogP contribution >= 0.6 is 0 Å². The van der Waals surface area contributed by atoms with Crippen LogP contribution in [-0.2, 0) is 9.47 Å². The van der Waals surface area contributed by atoms with Gasteiger partial charge >= 0.3 is 0 Å². The second-order valence-electron chi connectivity index (χ2n) is 7.24. The third-order valence-corrected chi connectivity index (χ3v) is 5.93. The summed E-state index contributed by atoms with van der Waals surface area (Å²) >= 11 is 0. The largest absolute Gasteiger partial charge is 0.454 e. The Morgan fingerprint density at radius 2 is 2.08 bits per heavy atom. The first-order chi connectivity index (χ1) is 12.7. The molecule has 6 nitrogen and oxygen atoms in total. The van der Waals surface area contributed by atoms with E-state index in [9.17, 15) is 4.79 Å². The van der Waals surface area contributed by atoms with Gasteiger partial charge in [-0.25, -0.2) is 0 Å². The highest BCUT2D eigenvalue weighted by Gasteiger charge is 2.46. The average Bonchev–Trinajstić information content (AvgIpc) is 3.29. The number of benzene rings is 1. The molecule has 2 saturated heterocycles. The molecule has 0 aromatic heterocycles. The number of hydrogen-bond acceptors (Lipinski definition) is 5. The van der Waals surface area contributed by atoms with Crippen molar-refractivity contribution in [3.8, 4) is 11.5 Å². The van der Waals surface area contributed by atoms with Gasteiger partial charge in [-0.2, -0.15) is 0 Å². The predicted octanol–water partition coefficient (Wildman–Crippen LogP) is 2.85. The van der Waals surface area contributed by atoms with Crippen molar-refractivity contribution in [2.45, 2.75) is 38.2 Å². The summed E-state index contributed by atoms with van der Waals surface area (Å²) in [5, 5.41) is 0. The summed E-state index contributed by atoms with van der Waals surface area (Å²) in [6, 6.07) is 5.41. The van der Waals surface area contributed by atoms with E-state index in [2.05, 4.69) is 0 Å². The first-order valence-electron chi connectivity index (χ1n) is 9.62. The van der Waals surface area contributed by atoms with Crippen LogP contribution in [0.3, 0.4) is 0 Å². The normalized spacial score (nSPS) is 23.6. The maximum absolute atomic E-state index is 12.9. The average molecular weight is 361 g/mol. The van der Waals surface area contributed by atoms with Gasteiger partial charge in [0.15, 0.2) is 11.5 Å². The molecule has 3 aliphatic heterocycles. The number of ether oxygens (including phenoxy) is 4. The van der Waals surface area contributed by atoms with Gasteiger partial charge < -0.3 is 23.8 Å². The fraction of sp³-hybridized carbons (Fsp3) is 0.650. The van der Waals surface area contributed by atoms with Gasteiger partial charge in [-0.15, -0.1) is 0 Å². The smallest absolute Gasteiger partial charge is 0.253 e. The fourth-order valence-corrected chi connectivity index (χ4v) is 4.42. The zero-order chi connectivity index (χ0) is 18.0. The van der Waals surface area contributed by atoms with Crippen LogP contribution in [0.4, 0.5) is 0 Å². The monoisotopic (exact) mass is 361 g/mol. The molecule has 0 radical (unpaired) electrons. The van der Waals surface area contributed by atoms with E-state index < -0.39 is 0 Å². The topological polar surface area (TPSA) is 57.2 Å². The number of carbonyl (C=O) groups is 1. The van der Waals surface area contributed by atoms with Gasteiger partial charge in [0.2, 0.25) is 6.79 Å². The van der Waals surface area contributed by atoms with Crippen LogP contribution in [0.5, 0.6) is 11.5 Å². The molecule has 0 N–H and O–H groups in total. The fourth-order valence-electron chi connectivity index (χ4n) is 4.42. The Hall–Kier alpha value is -1.79. The summed E-state index contributed by atoms with van der Waals surface area (Å²) in [7, 11) is 0. The molecule has 0 bridgehead atoms. The maximum atomic E-state index is 12.9. The Labute approximate surface area is 154 Å². The molecule has 0 aliphatic carbocycles. The van der Waals surface area contributed by atoms with Gasteiger partial charge in [-0.1, -0.05) is 0 Å². The molecule has 0 saturated carbocycles. The predicted molar refractivity (Wildman–Crippen MR) is 95.6 cm³/mol. The summed E-state index contributed by atoms with van der Waals surface area (Å²) in [6.45, 7) is 6.11. The Morgan fingerprint density at radius 3 is 2.88 bits per heavy atom. The standard InChI is InChI=1S/C20H27NO5/c1-2-23-11-5-16-6-12-26-20(16)7-9-21(10-8-20)19(22)15-3-4-17-18(13-15)25-14-24-17/h3-4,13,16H,2,5-12,14H2,1H3. The summed E-state index contributed by atoms with van der Waals surface area (Å²) < 4.78 is 22.4. The molecule has 1 aromatic carbocycles. The third-order valence-electron chi connectivity index (χ3n) is 5.93. The van der Waals surface area contributed by atoms with Crippen molar-refractivity contribution in [1.82, 2.24) is 4.90 Å². The minimum absolute atomic E-state index is 0.0574. The molecule has 4 rings (SSSR count). The van der Waals surface area contributed by atoms with E-state index in [0.717, 1.165) is 58.6 Å². The van der Waals surface area contributed by atoms with Crippen LogP contribution in [0, 0.1) is 5.92 Å². The molecule has 1 atom stereocenters. The molecule has 142 valence electrons. The SMILES string of the molecule is CCOCCC1CCOC12CCN(C(=O)c1ccc3c(c1)OCO3)CC2. The zero-order valence-electron chi connectivity index (χ0n) is 15.4. The second-order valence-corrected chi connectivity index (χ2v) is 7.24. The highest BCUT2D eigenvalue weighted by atomic mass is 16.7. The lowest BCUT2D eigenvalue weighted by molar-refractivity contribution is -0.0669. The molecular weight excluding hydrogens is 334 g/mol. The Bertz CT molecular complexity index is 654. The number of carbonyl (C=O) groups excluding carboxylic acids is 1. The van der Waals surface area contributed by atoms with E-state index in [-0.39, 0.29) is 18.3 Å². The molecule has 1 amide bonds. The number of fused-ring (bicyclic) bond motifs is 1. The lowest BCUT2D eigenvalue weighted by Gasteiger charge is -2.42. The number of piperidine rings is 1. The molecule has 1 spiro atoms. The summed E-state index contributed by atoms with van der Waals surface area (Å²) in [4.78, 5) is 14.8. The van der Waals surface area contributed by atoms with Crippen molar-refractivity contribution in [2.24, 2.45) is 5.92 Å². The van der Waals surface area contributed by atoms with Gasteiger partial charge in [-0.05, 0) is 56.7 Å². The van der Waals surface area contributed by atoms with Crippen LogP contribution in [0.1, 0.15) is 43.0 Å². The summed E-state index contributed by atoms with van der Waals surface area (Å²) in [6.07, 6.45) is 3.95. The third kappa shape index (κ3) is 3.28. The van der Waals surface area contributed by atoms with Crippen molar-refractivity contribution in [2.75, 3.05) is 39.7 Å². The van der Waals surface area contributed by atoms with Crippen molar-refractivity contribution >= 4 is 5.91 Å². The van der Waals surface area contributed by atoms with E-state index in [4.69, 9.17) is 18.9 Å². The van der Waals surface area contributed by atoms with E-state index in [1.807, 2.05) is 24.0 Å². The minimum Gasteiger partial charge on any atom is -0.454 e. The summed E-state index contributed by atoms with van der Waals surface area (Å²) in [5.74, 6) is 1.95. The number of rotatable bonds is 5.